The summed E-state index contributed by atoms with van der Waals surface area (Å²) < 4.78 is 0. The first-order valence-electron chi connectivity index (χ1n) is 4.11. The molecule has 0 radical (unpaired) electrons. The van der Waals surface area contributed by atoms with Crippen molar-refractivity contribution in [3.63, 3.8) is 0 Å². The lowest BCUT2D eigenvalue weighted by Crippen LogP contribution is -2.09. The van der Waals surface area contributed by atoms with Crippen LogP contribution in [0.15, 0.2) is 18.0 Å². The molecule has 0 spiro atoms. The standard InChI is InChI=1S/C9H12N2OS/c1-3-5-8(12)11-9-10-7(4-2)6-13-9/h3,6H,1,4-5H2,2H3,(H,10,11,12). The first-order chi connectivity index (χ1) is 6.26. The third-order valence-electron chi connectivity index (χ3n) is 1.49. The molecule has 70 valence electrons. The first kappa shape index (κ1) is 9.92. The van der Waals surface area contributed by atoms with Gasteiger partial charge in [-0.2, -0.15) is 0 Å². The molecular formula is C9H12N2OS. The maximum absolute atomic E-state index is 11.1. The molecule has 0 bridgehead atoms. The predicted molar refractivity (Wildman–Crippen MR) is 54.9 cm³/mol. The molecule has 0 atom stereocenters. The third kappa shape index (κ3) is 2.99. The van der Waals surface area contributed by atoms with Gasteiger partial charge < -0.3 is 5.32 Å². The number of thiazole rings is 1. The summed E-state index contributed by atoms with van der Waals surface area (Å²) in [6.07, 6.45) is 2.80. The molecule has 1 aromatic rings. The van der Waals surface area contributed by atoms with Crippen LogP contribution < -0.4 is 5.32 Å². The molecule has 0 aliphatic heterocycles. The number of hydrogen-bond acceptors (Lipinski definition) is 3. The fraction of sp³-hybridized carbons (Fsp3) is 0.333. The number of rotatable bonds is 4. The topological polar surface area (TPSA) is 42.0 Å². The Morgan fingerprint density at radius 2 is 2.62 bits per heavy atom. The quantitative estimate of drug-likeness (QED) is 0.750. The Kier molecular flexibility index (Phi) is 3.64. The van der Waals surface area contributed by atoms with Crippen LogP contribution in [0.25, 0.3) is 0 Å². The van der Waals surface area contributed by atoms with Gasteiger partial charge in [0.25, 0.3) is 0 Å². The molecule has 13 heavy (non-hydrogen) atoms. The van der Waals surface area contributed by atoms with E-state index in [1.54, 1.807) is 6.08 Å². The van der Waals surface area contributed by atoms with Crippen LogP contribution in [0, 0.1) is 0 Å². The van der Waals surface area contributed by atoms with Crippen LogP contribution in [-0.2, 0) is 11.2 Å². The van der Waals surface area contributed by atoms with E-state index < -0.39 is 0 Å². The molecule has 1 N–H and O–H groups in total. The molecule has 1 heterocycles. The average molecular weight is 196 g/mol. The molecule has 0 aliphatic carbocycles. The molecule has 0 unspecified atom stereocenters. The maximum Gasteiger partial charge on any atom is 0.229 e. The minimum atomic E-state index is -0.0630. The number of amides is 1. The van der Waals surface area contributed by atoms with Crippen molar-refractivity contribution in [1.29, 1.82) is 0 Å². The smallest absolute Gasteiger partial charge is 0.229 e. The molecule has 3 nitrogen and oxygen atoms in total. The van der Waals surface area contributed by atoms with E-state index >= 15 is 0 Å². The third-order valence-corrected chi connectivity index (χ3v) is 2.30. The van der Waals surface area contributed by atoms with Gasteiger partial charge in [0.2, 0.25) is 5.91 Å². The van der Waals surface area contributed by atoms with Crippen LogP contribution in [-0.4, -0.2) is 10.9 Å². The largest absolute Gasteiger partial charge is 0.302 e. The van der Waals surface area contributed by atoms with E-state index in [2.05, 4.69) is 16.9 Å². The van der Waals surface area contributed by atoms with Gasteiger partial charge in [0.05, 0.1) is 5.69 Å². The SMILES string of the molecule is C=CCC(=O)Nc1nc(CC)cs1. The summed E-state index contributed by atoms with van der Waals surface area (Å²) in [4.78, 5) is 15.3. The second-order valence-electron chi connectivity index (χ2n) is 2.54. The highest BCUT2D eigenvalue weighted by Gasteiger charge is 2.03. The zero-order valence-corrected chi connectivity index (χ0v) is 8.36. The second-order valence-corrected chi connectivity index (χ2v) is 3.40. The van der Waals surface area contributed by atoms with E-state index in [1.165, 1.54) is 11.3 Å². The van der Waals surface area contributed by atoms with Crippen molar-refractivity contribution < 1.29 is 4.79 Å². The Bertz CT molecular complexity index is 306. The monoisotopic (exact) mass is 196 g/mol. The van der Waals surface area contributed by atoms with Gasteiger partial charge >= 0.3 is 0 Å². The van der Waals surface area contributed by atoms with E-state index in [0.717, 1.165) is 12.1 Å². The van der Waals surface area contributed by atoms with E-state index in [0.29, 0.717) is 11.6 Å². The van der Waals surface area contributed by atoms with Crippen LogP contribution in [0.2, 0.25) is 0 Å². The van der Waals surface area contributed by atoms with E-state index in [1.807, 2.05) is 12.3 Å². The van der Waals surface area contributed by atoms with Crippen LogP contribution in [0.1, 0.15) is 19.0 Å². The van der Waals surface area contributed by atoms with Crippen LogP contribution in [0.5, 0.6) is 0 Å². The molecular weight excluding hydrogens is 184 g/mol. The summed E-state index contributed by atoms with van der Waals surface area (Å²) in [6.45, 7) is 5.52. The highest BCUT2D eigenvalue weighted by molar-refractivity contribution is 7.13. The number of aryl methyl sites for hydroxylation is 1. The number of nitrogens with zero attached hydrogens (tertiary/aromatic N) is 1. The zero-order chi connectivity index (χ0) is 9.68. The van der Waals surface area contributed by atoms with Crippen LogP contribution in [0.4, 0.5) is 5.13 Å². The number of carbonyl (C=O) groups excluding carboxylic acids is 1. The summed E-state index contributed by atoms with van der Waals surface area (Å²) in [6, 6.07) is 0. The van der Waals surface area contributed by atoms with E-state index in [-0.39, 0.29) is 5.91 Å². The summed E-state index contributed by atoms with van der Waals surface area (Å²) in [5.41, 5.74) is 1.01. The van der Waals surface area contributed by atoms with Gasteiger partial charge in [-0.1, -0.05) is 13.0 Å². The van der Waals surface area contributed by atoms with Crippen molar-refractivity contribution in [1.82, 2.24) is 4.98 Å². The minimum Gasteiger partial charge on any atom is -0.302 e. The average Bonchev–Trinajstić information content (AvgIpc) is 2.52. The fourth-order valence-corrected chi connectivity index (χ4v) is 1.64. The summed E-state index contributed by atoms with van der Waals surface area (Å²) in [7, 11) is 0. The van der Waals surface area contributed by atoms with Gasteiger partial charge in [0.15, 0.2) is 5.13 Å². The molecule has 0 aromatic carbocycles. The normalized spacial score (nSPS) is 9.62. The molecule has 1 amide bonds. The van der Waals surface area contributed by atoms with Gasteiger partial charge in [-0.25, -0.2) is 4.98 Å². The first-order valence-corrected chi connectivity index (χ1v) is 4.99. The van der Waals surface area contributed by atoms with Crippen molar-refractivity contribution >= 4 is 22.4 Å². The zero-order valence-electron chi connectivity index (χ0n) is 7.54. The van der Waals surface area contributed by atoms with Crippen molar-refractivity contribution in [2.75, 3.05) is 5.32 Å². The van der Waals surface area contributed by atoms with Crippen LogP contribution in [0.3, 0.4) is 0 Å². The van der Waals surface area contributed by atoms with Crippen LogP contribution >= 0.6 is 11.3 Å². The number of hydrogen-bond donors (Lipinski definition) is 1. The molecule has 0 fully saturated rings. The maximum atomic E-state index is 11.1. The Morgan fingerprint density at radius 3 is 3.15 bits per heavy atom. The number of nitrogens with one attached hydrogen (secondary N) is 1. The molecule has 0 saturated carbocycles. The molecule has 1 rings (SSSR count). The molecule has 0 saturated heterocycles. The van der Waals surface area contributed by atoms with Crippen molar-refractivity contribution in [3.05, 3.63) is 23.7 Å². The lowest BCUT2D eigenvalue weighted by atomic mass is 10.4. The Labute approximate surface area is 81.5 Å². The number of carbonyl (C=O) groups is 1. The van der Waals surface area contributed by atoms with E-state index in [9.17, 15) is 4.79 Å². The van der Waals surface area contributed by atoms with Crippen molar-refractivity contribution in [2.45, 2.75) is 19.8 Å². The number of aromatic nitrogens is 1. The lowest BCUT2D eigenvalue weighted by Gasteiger charge is -1.96. The number of anilines is 1. The Balaban J connectivity index is 2.53. The van der Waals surface area contributed by atoms with Gasteiger partial charge in [-0.15, -0.1) is 17.9 Å². The lowest BCUT2D eigenvalue weighted by molar-refractivity contribution is -0.115. The fourth-order valence-electron chi connectivity index (χ4n) is 0.828. The Hall–Kier alpha value is -1.16. The summed E-state index contributed by atoms with van der Waals surface area (Å²) >= 11 is 1.45. The predicted octanol–water partition coefficient (Wildman–Crippen LogP) is 2.22. The summed E-state index contributed by atoms with van der Waals surface area (Å²) in [5, 5.41) is 5.31. The van der Waals surface area contributed by atoms with Gasteiger partial charge in [0, 0.05) is 11.8 Å². The Morgan fingerprint density at radius 1 is 1.85 bits per heavy atom. The molecule has 0 aliphatic rings. The van der Waals surface area contributed by atoms with Gasteiger partial charge in [-0.3, -0.25) is 4.79 Å². The highest BCUT2D eigenvalue weighted by Crippen LogP contribution is 2.15. The molecule has 1 aromatic heterocycles. The van der Waals surface area contributed by atoms with E-state index in [4.69, 9.17) is 0 Å². The highest BCUT2D eigenvalue weighted by atomic mass is 32.1. The summed E-state index contributed by atoms with van der Waals surface area (Å²) in [5.74, 6) is -0.0630. The van der Waals surface area contributed by atoms with Gasteiger partial charge in [-0.05, 0) is 6.42 Å². The molecule has 4 heteroatoms. The van der Waals surface area contributed by atoms with Crippen molar-refractivity contribution in [3.8, 4) is 0 Å². The van der Waals surface area contributed by atoms with Gasteiger partial charge in [0.1, 0.15) is 0 Å². The second kappa shape index (κ2) is 4.77. The van der Waals surface area contributed by atoms with Crippen molar-refractivity contribution in [2.24, 2.45) is 0 Å². The minimum absolute atomic E-state index is 0.0630.